The molecule has 0 spiro atoms. The maximum absolute atomic E-state index is 11.4. The summed E-state index contributed by atoms with van der Waals surface area (Å²) < 4.78 is 27.3. The van der Waals surface area contributed by atoms with Crippen molar-refractivity contribution in [1.29, 1.82) is 0 Å². The zero-order chi connectivity index (χ0) is 14.0. The van der Waals surface area contributed by atoms with Gasteiger partial charge in [-0.15, -0.1) is 11.3 Å². The Balaban J connectivity index is 2.03. The van der Waals surface area contributed by atoms with Crippen molar-refractivity contribution in [3.05, 3.63) is 10.6 Å². The van der Waals surface area contributed by atoms with E-state index in [4.69, 9.17) is 0 Å². The second-order valence-electron chi connectivity index (χ2n) is 4.49. The van der Waals surface area contributed by atoms with Gasteiger partial charge in [-0.05, 0) is 19.8 Å². The molecule has 0 unspecified atom stereocenters. The highest BCUT2D eigenvalue weighted by Gasteiger charge is 2.25. The highest BCUT2D eigenvalue weighted by Crippen LogP contribution is 2.25. The number of rotatable bonds is 3. The van der Waals surface area contributed by atoms with Gasteiger partial charge in [-0.25, -0.2) is 18.2 Å². The highest BCUT2D eigenvalue weighted by molar-refractivity contribution is 7.91. The van der Waals surface area contributed by atoms with Gasteiger partial charge in [-0.3, -0.25) is 0 Å². The Morgan fingerprint density at radius 3 is 2.63 bits per heavy atom. The number of thiazole rings is 1. The Labute approximate surface area is 116 Å². The van der Waals surface area contributed by atoms with Gasteiger partial charge in [-0.1, -0.05) is 0 Å². The molecule has 0 aromatic carbocycles. The van der Waals surface area contributed by atoms with Crippen LogP contribution in [0.15, 0.2) is 0 Å². The van der Waals surface area contributed by atoms with E-state index in [1.54, 1.807) is 6.92 Å². The van der Waals surface area contributed by atoms with E-state index in [0.29, 0.717) is 23.7 Å². The Hall–Kier alpha value is -1.15. The maximum Gasteiger partial charge on any atom is 0.357 e. The lowest BCUT2D eigenvalue weighted by atomic mass is 10.2. The number of carbonyl (C=O) groups is 1. The fourth-order valence-corrected chi connectivity index (χ4v) is 4.32. The van der Waals surface area contributed by atoms with E-state index < -0.39 is 15.8 Å². The normalized spacial score (nSPS) is 19.1. The standard InChI is InChI=1S/C11H16N2O4S2/c1-7-9(10(14)17-2)13-11(18-7)12-8-3-5-19(15,16)6-4-8/h8H,3-6H2,1-2H3,(H,12,13). The van der Waals surface area contributed by atoms with Gasteiger partial charge in [0.1, 0.15) is 9.84 Å². The van der Waals surface area contributed by atoms with E-state index in [2.05, 4.69) is 15.0 Å². The SMILES string of the molecule is COC(=O)c1nc(NC2CCS(=O)(=O)CC2)sc1C. The Morgan fingerprint density at radius 2 is 2.05 bits per heavy atom. The first-order chi connectivity index (χ1) is 8.91. The van der Waals surface area contributed by atoms with Gasteiger partial charge < -0.3 is 10.1 Å². The molecule has 0 amide bonds. The predicted molar refractivity (Wildman–Crippen MR) is 73.5 cm³/mol. The van der Waals surface area contributed by atoms with Crippen LogP contribution in [0, 0.1) is 6.92 Å². The number of ether oxygens (including phenoxy) is 1. The second-order valence-corrected chi connectivity index (χ2v) is 7.99. The number of esters is 1. The Bertz CT molecular complexity index is 566. The van der Waals surface area contributed by atoms with Crippen molar-refractivity contribution in [2.45, 2.75) is 25.8 Å². The summed E-state index contributed by atoms with van der Waals surface area (Å²) >= 11 is 1.38. The Morgan fingerprint density at radius 1 is 1.42 bits per heavy atom. The van der Waals surface area contributed by atoms with E-state index in [9.17, 15) is 13.2 Å². The summed E-state index contributed by atoms with van der Waals surface area (Å²) in [5.74, 6) is -0.0365. The van der Waals surface area contributed by atoms with Crippen LogP contribution in [0.5, 0.6) is 0 Å². The van der Waals surface area contributed by atoms with Crippen LogP contribution >= 0.6 is 11.3 Å². The number of carbonyl (C=O) groups excluding carboxylic acids is 1. The van der Waals surface area contributed by atoms with Crippen LogP contribution in [0.1, 0.15) is 28.2 Å². The van der Waals surface area contributed by atoms with Gasteiger partial charge in [0.15, 0.2) is 10.8 Å². The monoisotopic (exact) mass is 304 g/mol. The third-order valence-electron chi connectivity index (χ3n) is 3.06. The number of hydrogen-bond donors (Lipinski definition) is 1. The minimum atomic E-state index is -2.86. The lowest BCUT2D eigenvalue weighted by Crippen LogP contribution is -2.32. The molecule has 1 saturated heterocycles. The largest absolute Gasteiger partial charge is 0.464 e. The van der Waals surface area contributed by atoms with Crippen LogP contribution in [-0.2, 0) is 14.6 Å². The van der Waals surface area contributed by atoms with E-state index in [0.717, 1.165) is 4.88 Å². The molecule has 2 rings (SSSR count). The number of nitrogens with one attached hydrogen (secondary N) is 1. The van der Waals surface area contributed by atoms with Gasteiger partial charge in [0.2, 0.25) is 0 Å². The van der Waals surface area contributed by atoms with Gasteiger partial charge in [0.05, 0.1) is 18.6 Å². The van der Waals surface area contributed by atoms with Crippen LogP contribution < -0.4 is 5.32 Å². The minimum Gasteiger partial charge on any atom is -0.464 e. The van der Waals surface area contributed by atoms with Crippen LogP contribution in [0.4, 0.5) is 5.13 Å². The molecule has 1 fully saturated rings. The fourth-order valence-electron chi connectivity index (χ4n) is 1.95. The summed E-state index contributed by atoms with van der Waals surface area (Å²) in [6.07, 6.45) is 1.16. The van der Waals surface area contributed by atoms with Gasteiger partial charge in [0, 0.05) is 10.9 Å². The molecule has 1 aromatic heterocycles. The zero-order valence-electron chi connectivity index (χ0n) is 10.8. The molecule has 0 bridgehead atoms. The first-order valence-corrected chi connectivity index (χ1v) is 8.58. The van der Waals surface area contributed by atoms with E-state index in [1.165, 1.54) is 18.4 Å². The number of anilines is 1. The molecule has 1 N–H and O–H groups in total. The molecule has 1 aliphatic rings. The van der Waals surface area contributed by atoms with Crippen LogP contribution in [0.25, 0.3) is 0 Å². The van der Waals surface area contributed by atoms with Crippen LogP contribution in [-0.4, -0.2) is 44.0 Å². The minimum absolute atomic E-state index is 0.0968. The summed E-state index contributed by atoms with van der Waals surface area (Å²) in [7, 11) is -1.54. The molecule has 1 aromatic rings. The van der Waals surface area contributed by atoms with E-state index in [-0.39, 0.29) is 17.5 Å². The molecule has 8 heteroatoms. The van der Waals surface area contributed by atoms with Crippen molar-refractivity contribution < 1.29 is 17.9 Å². The first-order valence-electron chi connectivity index (χ1n) is 5.94. The third kappa shape index (κ3) is 3.44. The lowest BCUT2D eigenvalue weighted by Gasteiger charge is -2.22. The number of aromatic nitrogens is 1. The van der Waals surface area contributed by atoms with Crippen LogP contribution in [0.3, 0.4) is 0 Å². The van der Waals surface area contributed by atoms with Crippen molar-refractivity contribution >= 4 is 32.3 Å². The molecule has 19 heavy (non-hydrogen) atoms. The second kappa shape index (κ2) is 5.46. The zero-order valence-corrected chi connectivity index (χ0v) is 12.4. The summed E-state index contributed by atoms with van der Waals surface area (Å²) in [4.78, 5) is 16.4. The lowest BCUT2D eigenvalue weighted by molar-refractivity contribution is 0.0594. The number of methoxy groups -OCH3 is 1. The van der Waals surface area contributed by atoms with Gasteiger partial charge in [-0.2, -0.15) is 0 Å². The molecule has 1 aliphatic heterocycles. The molecule has 6 nitrogen and oxygen atoms in total. The van der Waals surface area contributed by atoms with Crippen LogP contribution in [0.2, 0.25) is 0 Å². The third-order valence-corrected chi connectivity index (χ3v) is 5.68. The summed E-state index contributed by atoms with van der Waals surface area (Å²) in [5, 5.41) is 3.83. The molecule has 0 saturated carbocycles. The predicted octanol–water partition coefficient (Wildman–Crippen LogP) is 1.23. The topological polar surface area (TPSA) is 85.4 Å². The van der Waals surface area contributed by atoms with E-state index in [1.807, 2.05) is 0 Å². The van der Waals surface area contributed by atoms with Crippen molar-refractivity contribution in [3.63, 3.8) is 0 Å². The van der Waals surface area contributed by atoms with Gasteiger partial charge in [0.25, 0.3) is 0 Å². The number of aryl methyl sites for hydroxylation is 1. The number of hydrogen-bond acceptors (Lipinski definition) is 7. The number of sulfone groups is 1. The molecule has 0 radical (unpaired) electrons. The summed E-state index contributed by atoms with van der Waals surface area (Å²) in [6.45, 7) is 1.81. The van der Waals surface area contributed by atoms with Crippen molar-refractivity contribution in [3.8, 4) is 0 Å². The van der Waals surface area contributed by atoms with Crippen molar-refractivity contribution in [1.82, 2.24) is 4.98 Å². The fraction of sp³-hybridized carbons (Fsp3) is 0.636. The van der Waals surface area contributed by atoms with Crippen molar-refractivity contribution in [2.24, 2.45) is 0 Å². The quantitative estimate of drug-likeness (QED) is 0.845. The average Bonchev–Trinajstić information content (AvgIpc) is 2.72. The molecule has 0 aliphatic carbocycles. The number of nitrogens with zero attached hydrogens (tertiary/aromatic N) is 1. The molecular formula is C11H16N2O4S2. The Kier molecular flexibility index (Phi) is 4.10. The summed E-state index contributed by atoms with van der Waals surface area (Å²) in [6, 6.07) is 0.0968. The maximum atomic E-state index is 11.4. The van der Waals surface area contributed by atoms with E-state index >= 15 is 0 Å². The first kappa shape index (κ1) is 14.3. The van der Waals surface area contributed by atoms with Crippen molar-refractivity contribution in [2.75, 3.05) is 23.9 Å². The highest BCUT2D eigenvalue weighted by atomic mass is 32.2. The average molecular weight is 304 g/mol. The molecule has 106 valence electrons. The molecular weight excluding hydrogens is 288 g/mol. The smallest absolute Gasteiger partial charge is 0.357 e. The summed E-state index contributed by atoms with van der Waals surface area (Å²) in [5.41, 5.74) is 0.318. The van der Waals surface area contributed by atoms with Gasteiger partial charge >= 0.3 is 5.97 Å². The molecule has 2 heterocycles. The molecule has 0 atom stereocenters.